The molecule has 9 heavy (non-hydrogen) atoms. The molecule has 1 fully saturated rings. The molecule has 0 bridgehead atoms. The normalized spacial score (nSPS) is 17.9. The molecule has 0 spiro atoms. The van der Waals surface area contributed by atoms with Crippen LogP contribution in [0, 0.1) is 5.41 Å². The molecular formula is C8H15N. The number of hydrogen-bond donors (Lipinski definition) is 1. The summed E-state index contributed by atoms with van der Waals surface area (Å²) >= 11 is 0. The largest absolute Gasteiger partial charge is 0.402 e. The fourth-order valence-electron chi connectivity index (χ4n) is 0.862. The van der Waals surface area contributed by atoms with Crippen molar-refractivity contribution in [3.8, 4) is 0 Å². The van der Waals surface area contributed by atoms with Crippen LogP contribution in [0.4, 0.5) is 0 Å². The van der Waals surface area contributed by atoms with E-state index in [0.29, 0.717) is 0 Å². The molecule has 52 valence electrons. The van der Waals surface area contributed by atoms with Gasteiger partial charge in [-0.1, -0.05) is 26.3 Å². The highest BCUT2D eigenvalue weighted by molar-refractivity contribution is 5.26. The minimum absolute atomic E-state index is 0.200. The van der Waals surface area contributed by atoms with Crippen molar-refractivity contribution >= 4 is 0 Å². The molecule has 0 radical (unpaired) electrons. The van der Waals surface area contributed by atoms with Crippen LogP contribution in [0.5, 0.6) is 0 Å². The molecule has 1 nitrogen and oxygen atoms in total. The molecule has 1 saturated carbocycles. The molecule has 1 aliphatic rings. The SMILES string of the molecule is CC(C)(C)C(N)=C1CC1. The lowest BCUT2D eigenvalue weighted by molar-refractivity contribution is 0.495. The average Bonchev–Trinajstić information content (AvgIpc) is 2.40. The van der Waals surface area contributed by atoms with Gasteiger partial charge in [-0.15, -0.1) is 0 Å². The Morgan fingerprint density at radius 1 is 1.33 bits per heavy atom. The van der Waals surface area contributed by atoms with Gasteiger partial charge in [0.05, 0.1) is 0 Å². The molecule has 0 aromatic rings. The van der Waals surface area contributed by atoms with Crippen molar-refractivity contribution in [1.82, 2.24) is 0 Å². The summed E-state index contributed by atoms with van der Waals surface area (Å²) in [7, 11) is 0. The third-order valence-corrected chi connectivity index (χ3v) is 1.69. The third kappa shape index (κ3) is 1.47. The maximum Gasteiger partial charge on any atom is 0.0127 e. The van der Waals surface area contributed by atoms with E-state index in [2.05, 4.69) is 20.8 Å². The predicted molar refractivity (Wildman–Crippen MR) is 39.9 cm³/mol. The number of hydrogen-bond acceptors (Lipinski definition) is 1. The second-order valence-corrected chi connectivity index (χ2v) is 3.77. The number of rotatable bonds is 0. The Hall–Kier alpha value is -0.460. The van der Waals surface area contributed by atoms with Gasteiger partial charge in [-0.3, -0.25) is 0 Å². The van der Waals surface area contributed by atoms with Crippen LogP contribution in [0.1, 0.15) is 33.6 Å². The monoisotopic (exact) mass is 125 g/mol. The molecule has 2 N–H and O–H groups in total. The Balaban J connectivity index is 2.73. The Labute approximate surface area is 56.9 Å². The van der Waals surface area contributed by atoms with Crippen molar-refractivity contribution in [2.75, 3.05) is 0 Å². The summed E-state index contributed by atoms with van der Waals surface area (Å²) in [4.78, 5) is 0. The van der Waals surface area contributed by atoms with Crippen molar-refractivity contribution in [3.05, 3.63) is 11.3 Å². The standard InChI is InChI=1S/C8H15N/c1-8(2,3)7(9)6-4-5-6/h4-5,9H2,1-3H3. The molecule has 0 amide bonds. The summed E-state index contributed by atoms with van der Waals surface area (Å²) in [5, 5.41) is 0. The van der Waals surface area contributed by atoms with E-state index in [1.54, 1.807) is 0 Å². The average molecular weight is 125 g/mol. The van der Waals surface area contributed by atoms with Gasteiger partial charge in [0, 0.05) is 11.1 Å². The minimum atomic E-state index is 0.200. The van der Waals surface area contributed by atoms with Crippen molar-refractivity contribution < 1.29 is 0 Å². The Morgan fingerprint density at radius 2 is 1.78 bits per heavy atom. The summed E-state index contributed by atoms with van der Waals surface area (Å²) in [6.45, 7) is 6.48. The second-order valence-electron chi connectivity index (χ2n) is 3.77. The maximum atomic E-state index is 5.84. The van der Waals surface area contributed by atoms with Gasteiger partial charge in [-0.25, -0.2) is 0 Å². The summed E-state index contributed by atoms with van der Waals surface area (Å²) in [6.07, 6.45) is 2.48. The molecule has 0 atom stereocenters. The van der Waals surface area contributed by atoms with Crippen molar-refractivity contribution in [2.45, 2.75) is 33.6 Å². The lowest BCUT2D eigenvalue weighted by Gasteiger charge is -2.18. The molecule has 0 aromatic carbocycles. The molecule has 0 aliphatic heterocycles. The summed E-state index contributed by atoms with van der Waals surface area (Å²) in [6, 6.07) is 0. The van der Waals surface area contributed by atoms with Crippen LogP contribution in [0.25, 0.3) is 0 Å². The molecule has 0 heterocycles. The van der Waals surface area contributed by atoms with Crippen LogP contribution in [-0.4, -0.2) is 0 Å². The fraction of sp³-hybridized carbons (Fsp3) is 0.750. The highest BCUT2D eigenvalue weighted by Crippen LogP contribution is 2.36. The van der Waals surface area contributed by atoms with E-state index >= 15 is 0 Å². The predicted octanol–water partition coefficient (Wildman–Crippen LogP) is 2.04. The van der Waals surface area contributed by atoms with Crippen molar-refractivity contribution in [2.24, 2.45) is 11.1 Å². The van der Waals surface area contributed by atoms with Crippen LogP contribution in [-0.2, 0) is 0 Å². The maximum absolute atomic E-state index is 5.84. The van der Waals surface area contributed by atoms with Crippen molar-refractivity contribution in [1.29, 1.82) is 0 Å². The third-order valence-electron chi connectivity index (χ3n) is 1.69. The van der Waals surface area contributed by atoms with Gasteiger partial charge >= 0.3 is 0 Å². The molecule has 1 aliphatic carbocycles. The van der Waals surface area contributed by atoms with Crippen LogP contribution >= 0.6 is 0 Å². The first kappa shape index (κ1) is 6.66. The van der Waals surface area contributed by atoms with Crippen molar-refractivity contribution in [3.63, 3.8) is 0 Å². The van der Waals surface area contributed by atoms with E-state index in [-0.39, 0.29) is 5.41 Å². The smallest absolute Gasteiger partial charge is 0.0127 e. The van der Waals surface area contributed by atoms with E-state index < -0.39 is 0 Å². The second kappa shape index (κ2) is 1.76. The van der Waals surface area contributed by atoms with Gasteiger partial charge in [0.25, 0.3) is 0 Å². The molecule has 0 unspecified atom stereocenters. The first-order valence-electron chi connectivity index (χ1n) is 3.50. The zero-order valence-electron chi connectivity index (χ0n) is 6.49. The quantitative estimate of drug-likeness (QED) is 0.526. The summed E-state index contributed by atoms with van der Waals surface area (Å²) < 4.78 is 0. The highest BCUT2D eigenvalue weighted by atomic mass is 14.6. The van der Waals surface area contributed by atoms with E-state index in [0.717, 1.165) is 5.70 Å². The zero-order valence-corrected chi connectivity index (χ0v) is 6.49. The van der Waals surface area contributed by atoms with Gasteiger partial charge in [0.15, 0.2) is 0 Å². The lowest BCUT2D eigenvalue weighted by Crippen LogP contribution is -2.16. The molecule has 0 saturated heterocycles. The lowest BCUT2D eigenvalue weighted by atomic mass is 9.92. The van der Waals surface area contributed by atoms with Gasteiger partial charge in [0.1, 0.15) is 0 Å². The van der Waals surface area contributed by atoms with Crippen LogP contribution in [0.2, 0.25) is 0 Å². The van der Waals surface area contributed by atoms with E-state index in [4.69, 9.17) is 5.73 Å². The van der Waals surface area contributed by atoms with Crippen LogP contribution in [0.15, 0.2) is 11.3 Å². The number of nitrogens with two attached hydrogens (primary N) is 1. The van der Waals surface area contributed by atoms with Gasteiger partial charge < -0.3 is 5.73 Å². The molecule has 1 rings (SSSR count). The Kier molecular flexibility index (Phi) is 1.30. The Bertz CT molecular complexity index is 142. The highest BCUT2D eigenvalue weighted by Gasteiger charge is 2.23. The van der Waals surface area contributed by atoms with Crippen LogP contribution < -0.4 is 5.73 Å². The topological polar surface area (TPSA) is 26.0 Å². The minimum Gasteiger partial charge on any atom is -0.402 e. The fourth-order valence-corrected chi connectivity index (χ4v) is 0.862. The molecule has 1 heteroatoms. The first-order valence-corrected chi connectivity index (χ1v) is 3.50. The first-order chi connectivity index (χ1) is 4.02. The van der Waals surface area contributed by atoms with E-state index in [1.807, 2.05) is 0 Å². The van der Waals surface area contributed by atoms with Gasteiger partial charge in [-0.05, 0) is 12.8 Å². The summed E-state index contributed by atoms with van der Waals surface area (Å²) in [5.74, 6) is 0. The zero-order chi connectivity index (χ0) is 7.07. The molecule has 0 aromatic heterocycles. The summed E-state index contributed by atoms with van der Waals surface area (Å²) in [5.41, 5.74) is 8.62. The van der Waals surface area contributed by atoms with Gasteiger partial charge in [-0.2, -0.15) is 0 Å². The van der Waals surface area contributed by atoms with E-state index in [1.165, 1.54) is 18.4 Å². The number of allylic oxidation sites excluding steroid dienone is 2. The molecular weight excluding hydrogens is 110 g/mol. The van der Waals surface area contributed by atoms with Gasteiger partial charge in [0.2, 0.25) is 0 Å². The van der Waals surface area contributed by atoms with E-state index in [9.17, 15) is 0 Å². The van der Waals surface area contributed by atoms with Crippen LogP contribution in [0.3, 0.4) is 0 Å². The Morgan fingerprint density at radius 3 is 1.89 bits per heavy atom.